The number of para-hydroxylation sites is 1. The molecular weight excluding hydrogens is 586 g/mol. The molecule has 1 aromatic carbocycles. The van der Waals surface area contributed by atoms with Crippen LogP contribution in [0.3, 0.4) is 0 Å². The molecule has 3 N–H and O–H groups in total. The van der Waals surface area contributed by atoms with Crippen molar-refractivity contribution < 1.29 is 42.2 Å². The molecule has 6 atom stereocenters. The number of hydrogen-bond acceptors (Lipinski definition) is 11. The fraction of sp³-hybridized carbons (Fsp3) is 0.519. The first-order chi connectivity index (χ1) is 20.2. The van der Waals surface area contributed by atoms with Crippen LogP contribution in [-0.2, 0) is 28.2 Å². The molecule has 4 rings (SSSR count). The standard InChI is InChI=1S/C27H36FN6O8P/c1-15(2)24(36)32-22-20-23(30-13-29-22)34(14-31-20)26-27(6,28)21(35)19(41-26)12-39-43(38,42-18-10-8-7-9-11-18)33-17(5)25(37)40-16(3)4/h7-11,13-17,19,21,26,35H,12H2,1-6H3,(H,33,38)(H,29,30,32,36)/t17-,19+,21+,26+,27+,43+/m0/s1. The van der Waals surface area contributed by atoms with Crippen LogP contribution in [0.1, 0.15) is 47.8 Å². The topological polar surface area (TPSA) is 176 Å². The molecule has 1 aliphatic rings. The molecule has 234 valence electrons. The fourth-order valence-corrected chi connectivity index (χ4v) is 5.73. The highest BCUT2D eigenvalue weighted by atomic mass is 31.2. The number of alkyl halides is 1. The van der Waals surface area contributed by atoms with Crippen molar-refractivity contribution >= 4 is 36.6 Å². The summed E-state index contributed by atoms with van der Waals surface area (Å²) in [5, 5.41) is 16.1. The number of nitrogens with one attached hydrogen (secondary N) is 2. The predicted octanol–water partition coefficient (Wildman–Crippen LogP) is 3.54. The van der Waals surface area contributed by atoms with Crippen molar-refractivity contribution in [2.75, 3.05) is 11.9 Å². The first-order valence-electron chi connectivity index (χ1n) is 13.7. The zero-order valence-electron chi connectivity index (χ0n) is 24.6. The van der Waals surface area contributed by atoms with E-state index >= 15 is 4.39 Å². The number of rotatable bonds is 12. The molecule has 1 fully saturated rings. The van der Waals surface area contributed by atoms with Gasteiger partial charge in [-0.25, -0.2) is 23.9 Å². The summed E-state index contributed by atoms with van der Waals surface area (Å²) in [6.45, 7) is 8.75. The van der Waals surface area contributed by atoms with Crippen LogP contribution in [0.25, 0.3) is 11.2 Å². The maximum Gasteiger partial charge on any atom is 0.459 e. The average Bonchev–Trinajstić information content (AvgIpc) is 3.46. The monoisotopic (exact) mass is 622 g/mol. The molecule has 3 aromatic rings. The lowest BCUT2D eigenvalue weighted by Gasteiger charge is -2.25. The zero-order valence-corrected chi connectivity index (χ0v) is 25.5. The van der Waals surface area contributed by atoms with E-state index in [1.807, 2.05) is 0 Å². The third-order valence-electron chi connectivity index (χ3n) is 6.53. The van der Waals surface area contributed by atoms with Crippen LogP contribution in [0.4, 0.5) is 10.2 Å². The van der Waals surface area contributed by atoms with Crippen LogP contribution >= 0.6 is 7.75 Å². The highest BCUT2D eigenvalue weighted by molar-refractivity contribution is 7.52. The van der Waals surface area contributed by atoms with Gasteiger partial charge in [-0.1, -0.05) is 32.0 Å². The van der Waals surface area contributed by atoms with Crippen molar-refractivity contribution in [2.45, 2.75) is 77.8 Å². The summed E-state index contributed by atoms with van der Waals surface area (Å²) in [5.74, 6) is -1.000. The number of aliphatic hydroxyl groups excluding tert-OH is 1. The second-order valence-electron chi connectivity index (χ2n) is 10.8. The van der Waals surface area contributed by atoms with Crippen molar-refractivity contribution in [1.82, 2.24) is 24.6 Å². The Morgan fingerprint density at radius 2 is 1.86 bits per heavy atom. The quantitative estimate of drug-likeness (QED) is 0.198. The van der Waals surface area contributed by atoms with Crippen molar-refractivity contribution in [1.29, 1.82) is 0 Å². The SMILES string of the molecule is CC(C)OC(=O)[C@H](C)N[P@@](=O)(OC[C@H]1O[C@@H](n2cnc3c(NC(=O)C(C)C)ncnc32)[C@](C)(F)[C@@H]1O)Oc1ccccc1. The number of aliphatic hydroxyl groups is 1. The first kappa shape index (κ1) is 32.4. The van der Waals surface area contributed by atoms with Crippen LogP contribution in [0.5, 0.6) is 5.75 Å². The Morgan fingerprint density at radius 1 is 1.16 bits per heavy atom. The molecule has 16 heteroatoms. The lowest BCUT2D eigenvalue weighted by atomic mass is 9.98. The molecule has 0 radical (unpaired) electrons. The van der Waals surface area contributed by atoms with Crippen molar-refractivity contribution in [3.8, 4) is 5.75 Å². The second kappa shape index (κ2) is 13.0. The van der Waals surface area contributed by atoms with E-state index in [2.05, 4.69) is 25.4 Å². The van der Waals surface area contributed by atoms with E-state index in [4.69, 9.17) is 18.5 Å². The molecule has 1 amide bonds. The minimum absolute atomic E-state index is 0.136. The number of ether oxygens (including phenoxy) is 2. The number of amides is 1. The Labute approximate surface area is 247 Å². The average molecular weight is 623 g/mol. The van der Waals surface area contributed by atoms with E-state index in [9.17, 15) is 19.3 Å². The van der Waals surface area contributed by atoms with Gasteiger partial charge in [0, 0.05) is 5.92 Å². The highest BCUT2D eigenvalue weighted by Crippen LogP contribution is 2.48. The zero-order chi connectivity index (χ0) is 31.5. The molecule has 0 spiro atoms. The maximum atomic E-state index is 16.1. The van der Waals surface area contributed by atoms with E-state index in [1.165, 1.54) is 36.3 Å². The summed E-state index contributed by atoms with van der Waals surface area (Å²) in [6, 6.07) is 7.00. The van der Waals surface area contributed by atoms with E-state index in [0.717, 1.165) is 6.92 Å². The third-order valence-corrected chi connectivity index (χ3v) is 8.17. The normalized spacial score (nSPS) is 24.2. The molecule has 0 bridgehead atoms. The lowest BCUT2D eigenvalue weighted by Crippen LogP contribution is -2.41. The van der Waals surface area contributed by atoms with E-state index in [1.54, 1.807) is 45.9 Å². The van der Waals surface area contributed by atoms with Gasteiger partial charge in [-0.15, -0.1) is 0 Å². The number of carbonyl (C=O) groups is 2. The summed E-state index contributed by atoms with van der Waals surface area (Å²) in [5.41, 5.74) is -2.05. The largest absolute Gasteiger partial charge is 0.462 e. The first-order valence-corrected chi connectivity index (χ1v) is 15.2. The van der Waals surface area contributed by atoms with Gasteiger partial charge in [-0.05, 0) is 39.8 Å². The van der Waals surface area contributed by atoms with Gasteiger partial charge in [0.1, 0.15) is 30.3 Å². The maximum absolute atomic E-state index is 16.1. The molecular formula is C27H36FN6O8P. The van der Waals surface area contributed by atoms with Crippen LogP contribution in [0.15, 0.2) is 43.0 Å². The van der Waals surface area contributed by atoms with Gasteiger partial charge < -0.3 is 24.4 Å². The van der Waals surface area contributed by atoms with Gasteiger partial charge in [0.25, 0.3) is 0 Å². The Balaban J connectivity index is 1.55. The van der Waals surface area contributed by atoms with Gasteiger partial charge in [0.15, 0.2) is 28.9 Å². The van der Waals surface area contributed by atoms with Crippen LogP contribution < -0.4 is 14.9 Å². The molecule has 3 heterocycles. The number of halogens is 1. The molecule has 1 saturated heterocycles. The number of benzene rings is 1. The fourth-order valence-electron chi connectivity index (χ4n) is 4.23. The Hall–Kier alpha value is -3.49. The molecule has 14 nitrogen and oxygen atoms in total. The van der Waals surface area contributed by atoms with E-state index in [0.29, 0.717) is 0 Å². The summed E-state index contributed by atoms with van der Waals surface area (Å²) < 4.78 is 53.4. The van der Waals surface area contributed by atoms with E-state index < -0.39 is 56.6 Å². The lowest BCUT2D eigenvalue weighted by molar-refractivity contribution is -0.149. The molecule has 1 aliphatic heterocycles. The van der Waals surface area contributed by atoms with Gasteiger partial charge in [0.05, 0.1) is 19.0 Å². The Kier molecular flexibility index (Phi) is 9.82. The summed E-state index contributed by atoms with van der Waals surface area (Å²) in [6.07, 6.45) is -2.48. The van der Waals surface area contributed by atoms with Crippen molar-refractivity contribution in [3.05, 3.63) is 43.0 Å². The van der Waals surface area contributed by atoms with Crippen LogP contribution in [0.2, 0.25) is 0 Å². The minimum Gasteiger partial charge on any atom is -0.462 e. The number of carbonyl (C=O) groups excluding carboxylic acids is 2. The summed E-state index contributed by atoms with van der Waals surface area (Å²) >= 11 is 0. The number of aromatic nitrogens is 4. The molecule has 0 aliphatic carbocycles. The minimum atomic E-state index is -4.31. The predicted molar refractivity (Wildman–Crippen MR) is 153 cm³/mol. The number of hydrogen-bond donors (Lipinski definition) is 3. The molecule has 43 heavy (non-hydrogen) atoms. The molecule has 0 saturated carbocycles. The summed E-state index contributed by atoms with van der Waals surface area (Å²) in [7, 11) is -4.31. The van der Waals surface area contributed by atoms with Gasteiger partial charge >= 0.3 is 13.7 Å². The molecule has 0 unspecified atom stereocenters. The Bertz CT molecular complexity index is 1490. The number of nitrogens with zero attached hydrogens (tertiary/aromatic N) is 4. The van der Waals surface area contributed by atoms with Crippen LogP contribution in [-0.4, -0.2) is 73.1 Å². The molecule has 2 aromatic heterocycles. The van der Waals surface area contributed by atoms with Crippen molar-refractivity contribution in [2.24, 2.45) is 5.92 Å². The van der Waals surface area contributed by atoms with Crippen molar-refractivity contribution in [3.63, 3.8) is 0 Å². The number of esters is 1. The van der Waals surface area contributed by atoms with Gasteiger partial charge in [-0.3, -0.25) is 18.7 Å². The highest BCUT2D eigenvalue weighted by Gasteiger charge is 2.56. The number of imidazole rings is 1. The van der Waals surface area contributed by atoms with E-state index in [-0.39, 0.29) is 34.6 Å². The second-order valence-corrected chi connectivity index (χ2v) is 12.5. The summed E-state index contributed by atoms with van der Waals surface area (Å²) in [4.78, 5) is 37.1. The smallest absolute Gasteiger partial charge is 0.459 e. The van der Waals surface area contributed by atoms with Gasteiger partial charge in [0.2, 0.25) is 5.91 Å². The number of fused-ring (bicyclic) bond motifs is 1. The third kappa shape index (κ3) is 7.36. The Morgan fingerprint density at radius 3 is 2.51 bits per heavy atom. The van der Waals surface area contributed by atoms with Crippen LogP contribution in [0, 0.1) is 5.92 Å². The number of anilines is 1. The van der Waals surface area contributed by atoms with Gasteiger partial charge in [-0.2, -0.15) is 5.09 Å².